The van der Waals surface area contributed by atoms with Gasteiger partial charge in [-0.25, -0.2) is 4.79 Å². The maximum atomic E-state index is 12.6. The molecule has 2 aliphatic rings. The zero-order valence-corrected chi connectivity index (χ0v) is 14.2. The van der Waals surface area contributed by atoms with Crippen LogP contribution in [0.15, 0.2) is 30.3 Å². The monoisotopic (exact) mass is 330 g/mol. The molecule has 2 amide bonds. The third-order valence-electron chi connectivity index (χ3n) is 5.84. The van der Waals surface area contributed by atoms with Crippen LogP contribution >= 0.6 is 0 Å². The Bertz CT molecular complexity index is 596. The molecule has 2 unspecified atom stereocenters. The smallest absolute Gasteiger partial charge is 0.317 e. The summed E-state index contributed by atoms with van der Waals surface area (Å²) in [7, 11) is 0. The third kappa shape index (κ3) is 3.12. The molecular weight excluding hydrogens is 304 g/mol. The van der Waals surface area contributed by atoms with Crippen molar-refractivity contribution in [1.82, 2.24) is 10.2 Å². The van der Waals surface area contributed by atoms with Gasteiger partial charge in [-0.1, -0.05) is 43.2 Å². The van der Waals surface area contributed by atoms with Gasteiger partial charge >= 0.3 is 12.0 Å². The van der Waals surface area contributed by atoms with E-state index in [1.807, 2.05) is 6.07 Å². The molecule has 1 saturated carbocycles. The Labute approximate surface area is 143 Å². The van der Waals surface area contributed by atoms with Gasteiger partial charge in [-0.2, -0.15) is 0 Å². The highest BCUT2D eigenvalue weighted by molar-refractivity contribution is 5.77. The number of carbonyl (C=O) groups excluding carboxylic acids is 1. The maximum Gasteiger partial charge on any atom is 0.317 e. The number of carboxylic acids is 1. The fraction of sp³-hybridized carbons (Fsp3) is 0.579. The molecule has 24 heavy (non-hydrogen) atoms. The second-order valence-corrected chi connectivity index (χ2v) is 7.17. The molecule has 0 radical (unpaired) electrons. The number of carbonyl (C=O) groups is 2. The fourth-order valence-electron chi connectivity index (χ4n) is 4.31. The quantitative estimate of drug-likeness (QED) is 0.891. The Kier molecular flexibility index (Phi) is 4.78. The number of aliphatic carboxylic acids is 1. The van der Waals surface area contributed by atoms with Gasteiger partial charge in [0, 0.05) is 24.5 Å². The summed E-state index contributed by atoms with van der Waals surface area (Å²) in [6.45, 7) is 2.92. The Hall–Kier alpha value is -2.04. The number of rotatable bonds is 4. The Morgan fingerprint density at radius 3 is 2.50 bits per heavy atom. The van der Waals surface area contributed by atoms with Crippen molar-refractivity contribution in [3.8, 4) is 0 Å². The van der Waals surface area contributed by atoms with Crippen LogP contribution < -0.4 is 5.32 Å². The molecule has 2 N–H and O–H groups in total. The van der Waals surface area contributed by atoms with Crippen LogP contribution in [0.5, 0.6) is 0 Å². The van der Waals surface area contributed by atoms with E-state index in [2.05, 4.69) is 36.5 Å². The van der Waals surface area contributed by atoms with Gasteiger partial charge in [-0.05, 0) is 31.7 Å². The molecule has 2 atom stereocenters. The van der Waals surface area contributed by atoms with Crippen LogP contribution in [-0.4, -0.2) is 41.1 Å². The predicted molar refractivity (Wildman–Crippen MR) is 91.9 cm³/mol. The summed E-state index contributed by atoms with van der Waals surface area (Å²) in [6, 6.07) is 10.3. The van der Waals surface area contributed by atoms with Crippen LogP contribution in [-0.2, 0) is 10.2 Å². The SMILES string of the molecule is CC(NC(=O)N1CCC(C(=O)O)C1)C1(c2ccccc2)CCCC1. The fourth-order valence-corrected chi connectivity index (χ4v) is 4.31. The number of hydrogen-bond acceptors (Lipinski definition) is 2. The number of amides is 2. The van der Waals surface area contributed by atoms with Gasteiger partial charge in [-0.3, -0.25) is 4.79 Å². The van der Waals surface area contributed by atoms with Gasteiger partial charge < -0.3 is 15.3 Å². The van der Waals surface area contributed by atoms with Crippen molar-refractivity contribution in [2.24, 2.45) is 5.92 Å². The average Bonchev–Trinajstić information content (AvgIpc) is 3.26. The highest BCUT2D eigenvalue weighted by Gasteiger charge is 2.42. The van der Waals surface area contributed by atoms with Crippen LogP contribution in [0, 0.1) is 5.92 Å². The van der Waals surface area contributed by atoms with Crippen molar-refractivity contribution in [3.05, 3.63) is 35.9 Å². The summed E-state index contributed by atoms with van der Waals surface area (Å²) in [6.07, 6.45) is 5.06. The topological polar surface area (TPSA) is 69.6 Å². The molecule has 0 bridgehead atoms. The largest absolute Gasteiger partial charge is 0.481 e. The molecule has 2 fully saturated rings. The summed E-state index contributed by atoms with van der Waals surface area (Å²) >= 11 is 0. The van der Waals surface area contributed by atoms with E-state index in [4.69, 9.17) is 5.11 Å². The molecule has 1 aromatic carbocycles. The minimum absolute atomic E-state index is 0.0111. The number of nitrogens with one attached hydrogen (secondary N) is 1. The summed E-state index contributed by atoms with van der Waals surface area (Å²) in [5.41, 5.74) is 1.28. The average molecular weight is 330 g/mol. The Balaban J connectivity index is 1.70. The van der Waals surface area contributed by atoms with Crippen molar-refractivity contribution in [1.29, 1.82) is 0 Å². The van der Waals surface area contributed by atoms with E-state index in [9.17, 15) is 9.59 Å². The zero-order chi connectivity index (χ0) is 17.2. The van der Waals surface area contributed by atoms with Gasteiger partial charge in [-0.15, -0.1) is 0 Å². The van der Waals surface area contributed by atoms with Gasteiger partial charge in [0.25, 0.3) is 0 Å². The number of benzene rings is 1. The molecule has 130 valence electrons. The molecule has 5 nitrogen and oxygen atoms in total. The van der Waals surface area contributed by atoms with Crippen LogP contribution in [0.1, 0.15) is 44.6 Å². The minimum Gasteiger partial charge on any atom is -0.481 e. The van der Waals surface area contributed by atoms with Crippen molar-refractivity contribution >= 4 is 12.0 Å². The van der Waals surface area contributed by atoms with Gasteiger partial charge in [0.1, 0.15) is 0 Å². The van der Waals surface area contributed by atoms with Gasteiger partial charge in [0.2, 0.25) is 0 Å². The number of carboxylic acid groups (broad SMARTS) is 1. The first-order chi connectivity index (χ1) is 11.5. The first kappa shape index (κ1) is 16.8. The van der Waals surface area contributed by atoms with E-state index in [0.29, 0.717) is 19.5 Å². The summed E-state index contributed by atoms with van der Waals surface area (Å²) in [4.78, 5) is 25.3. The molecular formula is C19H26N2O3. The number of urea groups is 1. The normalized spacial score (nSPS) is 23.9. The van der Waals surface area contributed by atoms with E-state index in [1.165, 1.54) is 18.4 Å². The van der Waals surface area contributed by atoms with Crippen molar-refractivity contribution < 1.29 is 14.7 Å². The lowest BCUT2D eigenvalue weighted by molar-refractivity contribution is -0.141. The van der Waals surface area contributed by atoms with Gasteiger partial charge in [0.15, 0.2) is 0 Å². The first-order valence-electron chi connectivity index (χ1n) is 8.87. The van der Waals surface area contributed by atoms with E-state index < -0.39 is 11.9 Å². The number of hydrogen-bond donors (Lipinski definition) is 2. The third-order valence-corrected chi connectivity index (χ3v) is 5.84. The molecule has 1 saturated heterocycles. The van der Waals surface area contributed by atoms with Crippen molar-refractivity contribution in [3.63, 3.8) is 0 Å². The standard InChI is InChI=1S/C19H26N2O3/c1-14(20-18(24)21-12-9-15(13-21)17(22)23)19(10-5-6-11-19)16-7-3-2-4-8-16/h2-4,7-8,14-15H,5-6,9-13H2,1H3,(H,20,24)(H,22,23). The van der Waals surface area contributed by atoms with E-state index in [1.54, 1.807) is 4.90 Å². The van der Waals surface area contributed by atoms with Crippen LogP contribution in [0.3, 0.4) is 0 Å². The molecule has 1 aliphatic carbocycles. The lowest BCUT2D eigenvalue weighted by Gasteiger charge is -2.37. The van der Waals surface area contributed by atoms with E-state index >= 15 is 0 Å². The zero-order valence-electron chi connectivity index (χ0n) is 14.2. The van der Waals surface area contributed by atoms with Crippen LogP contribution in [0.4, 0.5) is 4.79 Å². The first-order valence-corrected chi connectivity index (χ1v) is 8.87. The van der Waals surface area contributed by atoms with E-state index in [-0.39, 0.29) is 17.5 Å². The second-order valence-electron chi connectivity index (χ2n) is 7.17. The highest BCUT2D eigenvalue weighted by Crippen LogP contribution is 2.43. The minimum atomic E-state index is -0.810. The molecule has 1 heterocycles. The van der Waals surface area contributed by atoms with Crippen LogP contribution in [0.2, 0.25) is 0 Å². The van der Waals surface area contributed by atoms with Crippen molar-refractivity contribution in [2.75, 3.05) is 13.1 Å². The summed E-state index contributed by atoms with van der Waals surface area (Å²) in [5, 5.41) is 12.3. The molecule has 0 spiro atoms. The lowest BCUT2D eigenvalue weighted by Crippen LogP contribution is -2.51. The van der Waals surface area contributed by atoms with Gasteiger partial charge in [0.05, 0.1) is 5.92 Å². The molecule has 0 aromatic heterocycles. The molecule has 3 rings (SSSR count). The Morgan fingerprint density at radius 1 is 1.25 bits per heavy atom. The molecule has 1 aromatic rings. The Morgan fingerprint density at radius 2 is 1.92 bits per heavy atom. The number of likely N-dealkylation sites (tertiary alicyclic amines) is 1. The highest BCUT2D eigenvalue weighted by atomic mass is 16.4. The molecule has 1 aliphatic heterocycles. The van der Waals surface area contributed by atoms with Crippen LogP contribution in [0.25, 0.3) is 0 Å². The second kappa shape index (κ2) is 6.83. The predicted octanol–water partition coefficient (Wildman–Crippen LogP) is 3.00. The summed E-state index contributed by atoms with van der Waals surface area (Å²) in [5.74, 6) is -1.24. The van der Waals surface area contributed by atoms with E-state index in [0.717, 1.165) is 12.8 Å². The number of nitrogens with zero attached hydrogens (tertiary/aromatic N) is 1. The lowest BCUT2D eigenvalue weighted by atomic mass is 9.73. The van der Waals surface area contributed by atoms with Crippen molar-refractivity contribution in [2.45, 2.75) is 50.5 Å². The molecule has 5 heteroatoms. The maximum absolute atomic E-state index is 12.6. The summed E-state index contributed by atoms with van der Waals surface area (Å²) < 4.78 is 0.